The van der Waals surface area contributed by atoms with Crippen molar-refractivity contribution in [1.29, 1.82) is 0 Å². The van der Waals surface area contributed by atoms with Crippen molar-refractivity contribution in [3.8, 4) is 0 Å². The first-order chi connectivity index (χ1) is 17.6. The van der Waals surface area contributed by atoms with Crippen molar-refractivity contribution in [3.63, 3.8) is 0 Å². The van der Waals surface area contributed by atoms with Crippen molar-refractivity contribution in [2.24, 2.45) is 0 Å². The number of likely N-dealkylation sites (tertiary alicyclic amines) is 2. The van der Waals surface area contributed by atoms with Gasteiger partial charge in [0.2, 0.25) is 0 Å². The standard InChI is InChI=1S/C30H36N4OS/c1-23-8-11-26(32-30(35)34-17-5-2-6-18-34)21-28(23)25-14-19-33(20-15-25)22-24-9-12-27(13-10-24)36-29-7-3-4-16-31-29/h3-4,7-13,16,21,25H,2,5-6,14-15,17-20,22H2,1H3,(H,32,35). The van der Waals surface area contributed by atoms with Crippen LogP contribution in [0.5, 0.6) is 0 Å². The first-order valence-corrected chi connectivity index (χ1v) is 14.0. The molecule has 1 N–H and O–H groups in total. The molecule has 5 nitrogen and oxygen atoms in total. The minimum atomic E-state index is 0.0452. The smallest absolute Gasteiger partial charge is 0.321 e. The number of pyridine rings is 1. The zero-order valence-corrected chi connectivity index (χ0v) is 22.0. The quantitative estimate of drug-likeness (QED) is 0.398. The zero-order chi connectivity index (χ0) is 24.7. The summed E-state index contributed by atoms with van der Waals surface area (Å²) in [4.78, 5) is 22.8. The molecule has 0 bridgehead atoms. The number of carbonyl (C=O) groups excluding carboxylic acids is 1. The second-order valence-corrected chi connectivity index (χ2v) is 11.1. The lowest BCUT2D eigenvalue weighted by Gasteiger charge is -2.33. The SMILES string of the molecule is Cc1ccc(NC(=O)N2CCCCC2)cc1C1CCN(Cc2ccc(Sc3ccccn3)cc2)CC1. The Morgan fingerprint density at radius 3 is 2.47 bits per heavy atom. The first kappa shape index (κ1) is 24.8. The van der Waals surface area contributed by atoms with Crippen LogP contribution in [0.15, 0.2) is 76.8 Å². The van der Waals surface area contributed by atoms with Gasteiger partial charge >= 0.3 is 6.03 Å². The van der Waals surface area contributed by atoms with Crippen LogP contribution in [0.2, 0.25) is 0 Å². The molecule has 36 heavy (non-hydrogen) atoms. The van der Waals surface area contributed by atoms with Crippen LogP contribution in [0.25, 0.3) is 0 Å². The van der Waals surface area contributed by atoms with Crippen LogP contribution >= 0.6 is 11.8 Å². The number of carbonyl (C=O) groups is 1. The summed E-state index contributed by atoms with van der Waals surface area (Å²) >= 11 is 1.70. The second-order valence-electron chi connectivity index (χ2n) is 10.0. The number of amides is 2. The number of hydrogen-bond donors (Lipinski definition) is 1. The third-order valence-corrected chi connectivity index (χ3v) is 8.35. The van der Waals surface area contributed by atoms with E-state index in [1.165, 1.54) is 28.0 Å². The summed E-state index contributed by atoms with van der Waals surface area (Å²) in [7, 11) is 0. The Hall–Kier alpha value is -2.83. The number of aromatic nitrogens is 1. The maximum atomic E-state index is 12.7. The highest BCUT2D eigenvalue weighted by Crippen LogP contribution is 2.33. The van der Waals surface area contributed by atoms with Crippen molar-refractivity contribution >= 4 is 23.5 Å². The van der Waals surface area contributed by atoms with Gasteiger partial charge in [0.1, 0.15) is 5.03 Å². The summed E-state index contributed by atoms with van der Waals surface area (Å²) in [5, 5.41) is 4.18. The van der Waals surface area contributed by atoms with Crippen LogP contribution in [-0.2, 0) is 6.54 Å². The van der Waals surface area contributed by atoms with Crippen LogP contribution in [-0.4, -0.2) is 47.0 Å². The van der Waals surface area contributed by atoms with Gasteiger partial charge < -0.3 is 10.2 Å². The van der Waals surface area contributed by atoms with Gasteiger partial charge in [-0.3, -0.25) is 4.90 Å². The zero-order valence-electron chi connectivity index (χ0n) is 21.2. The molecule has 2 aromatic carbocycles. The second kappa shape index (κ2) is 11.9. The number of urea groups is 1. The van der Waals surface area contributed by atoms with Crippen molar-refractivity contribution in [2.75, 3.05) is 31.5 Å². The Bertz CT molecular complexity index is 1140. The number of rotatable bonds is 6. The molecule has 0 unspecified atom stereocenters. The van der Waals surface area contributed by atoms with Crippen LogP contribution in [0.3, 0.4) is 0 Å². The number of anilines is 1. The van der Waals surface area contributed by atoms with E-state index in [0.717, 1.165) is 69.1 Å². The number of piperidine rings is 2. The van der Waals surface area contributed by atoms with E-state index in [-0.39, 0.29) is 6.03 Å². The molecule has 2 aliphatic heterocycles. The number of benzene rings is 2. The summed E-state index contributed by atoms with van der Waals surface area (Å²) in [5.74, 6) is 0.547. The molecule has 1 aromatic heterocycles. The Labute approximate surface area is 219 Å². The molecule has 6 heteroatoms. The molecule has 2 amide bonds. The highest BCUT2D eigenvalue weighted by atomic mass is 32.2. The Morgan fingerprint density at radius 1 is 0.972 bits per heavy atom. The molecular formula is C30H36N4OS. The highest BCUT2D eigenvalue weighted by Gasteiger charge is 2.23. The van der Waals surface area contributed by atoms with Crippen molar-refractivity contribution in [3.05, 3.63) is 83.6 Å². The first-order valence-electron chi connectivity index (χ1n) is 13.2. The van der Waals surface area contributed by atoms with Gasteiger partial charge in [-0.25, -0.2) is 9.78 Å². The molecule has 3 aromatic rings. The predicted molar refractivity (Wildman–Crippen MR) is 148 cm³/mol. The van der Waals surface area contributed by atoms with Gasteiger partial charge in [0.25, 0.3) is 0 Å². The fraction of sp³-hybridized carbons (Fsp3) is 0.400. The van der Waals surface area contributed by atoms with Crippen molar-refractivity contribution in [1.82, 2.24) is 14.8 Å². The van der Waals surface area contributed by atoms with Crippen LogP contribution in [0.1, 0.15) is 54.7 Å². The fourth-order valence-electron chi connectivity index (χ4n) is 5.31. The molecule has 188 valence electrons. The number of hydrogen-bond acceptors (Lipinski definition) is 4. The van der Waals surface area contributed by atoms with Crippen LogP contribution in [0, 0.1) is 6.92 Å². The van der Waals surface area contributed by atoms with Crippen LogP contribution < -0.4 is 5.32 Å². The molecule has 0 saturated carbocycles. The average Bonchev–Trinajstić information content (AvgIpc) is 2.92. The van der Waals surface area contributed by atoms with Gasteiger partial charge in [-0.05, 0) is 111 Å². The Balaban J connectivity index is 1.14. The number of nitrogens with one attached hydrogen (secondary N) is 1. The molecule has 0 atom stereocenters. The summed E-state index contributed by atoms with van der Waals surface area (Å²) in [5.41, 5.74) is 5.00. The lowest BCUT2D eigenvalue weighted by atomic mass is 9.86. The molecule has 3 heterocycles. The maximum absolute atomic E-state index is 12.7. The normalized spacial score (nSPS) is 17.2. The van der Waals surface area contributed by atoms with Gasteiger partial charge in [0.15, 0.2) is 0 Å². The molecule has 2 fully saturated rings. The maximum Gasteiger partial charge on any atom is 0.321 e. The van der Waals surface area contributed by atoms with E-state index >= 15 is 0 Å². The van der Waals surface area contributed by atoms with Crippen molar-refractivity contribution in [2.45, 2.75) is 61.4 Å². The predicted octanol–water partition coefficient (Wildman–Crippen LogP) is 6.94. The average molecular weight is 501 g/mol. The van der Waals surface area contributed by atoms with Crippen molar-refractivity contribution < 1.29 is 4.79 Å². The molecule has 2 saturated heterocycles. The number of nitrogens with zero attached hydrogens (tertiary/aromatic N) is 3. The molecule has 0 spiro atoms. The van der Waals surface area contributed by atoms with E-state index in [0.29, 0.717) is 5.92 Å². The summed E-state index contributed by atoms with van der Waals surface area (Å²) in [6.07, 6.45) is 7.59. The van der Waals surface area contributed by atoms with E-state index in [9.17, 15) is 4.79 Å². The van der Waals surface area contributed by atoms with E-state index < -0.39 is 0 Å². The third kappa shape index (κ3) is 6.48. The van der Waals surface area contributed by atoms with Gasteiger partial charge in [0.05, 0.1) is 0 Å². The van der Waals surface area contributed by atoms with Gasteiger partial charge in [-0.1, -0.05) is 36.0 Å². The van der Waals surface area contributed by atoms with E-state index in [2.05, 4.69) is 58.5 Å². The summed E-state index contributed by atoms with van der Waals surface area (Å²) in [6, 6.07) is 21.4. The molecule has 2 aliphatic rings. The van der Waals surface area contributed by atoms with Gasteiger partial charge in [-0.2, -0.15) is 0 Å². The largest absolute Gasteiger partial charge is 0.325 e. The minimum absolute atomic E-state index is 0.0452. The Kier molecular flexibility index (Phi) is 8.24. The summed E-state index contributed by atoms with van der Waals surface area (Å²) in [6.45, 7) is 7.12. The topological polar surface area (TPSA) is 48.5 Å². The van der Waals surface area contributed by atoms with E-state index in [4.69, 9.17) is 0 Å². The highest BCUT2D eigenvalue weighted by molar-refractivity contribution is 7.99. The van der Waals surface area contributed by atoms with Crippen LogP contribution in [0.4, 0.5) is 10.5 Å². The lowest BCUT2D eigenvalue weighted by molar-refractivity contribution is 0.200. The third-order valence-electron chi connectivity index (χ3n) is 7.39. The number of aryl methyl sites for hydroxylation is 1. The van der Waals surface area contributed by atoms with E-state index in [1.807, 2.05) is 35.4 Å². The Morgan fingerprint density at radius 2 is 1.75 bits per heavy atom. The fourth-order valence-corrected chi connectivity index (χ4v) is 6.08. The molecule has 5 rings (SSSR count). The van der Waals surface area contributed by atoms with Gasteiger partial charge in [-0.15, -0.1) is 0 Å². The molecule has 0 radical (unpaired) electrons. The summed E-state index contributed by atoms with van der Waals surface area (Å²) < 4.78 is 0. The molecular weight excluding hydrogens is 464 g/mol. The minimum Gasteiger partial charge on any atom is -0.325 e. The monoisotopic (exact) mass is 500 g/mol. The van der Waals surface area contributed by atoms with Gasteiger partial charge in [0, 0.05) is 36.4 Å². The van der Waals surface area contributed by atoms with E-state index in [1.54, 1.807) is 11.8 Å². The lowest BCUT2D eigenvalue weighted by Crippen LogP contribution is -2.38. The molecule has 0 aliphatic carbocycles.